The number of nitrogens with zero attached hydrogens (tertiary/aromatic N) is 2. The van der Waals surface area contributed by atoms with Crippen LogP contribution in [0.2, 0.25) is 0 Å². The SMILES string of the molecule is O=C(Nc1ccc(-c2ncc3n2CCCC3)cc1)c1ccccc1COc1ccccc1. The topological polar surface area (TPSA) is 56.2 Å². The van der Waals surface area contributed by atoms with Crippen LogP contribution in [0.25, 0.3) is 11.4 Å². The van der Waals surface area contributed by atoms with Crippen LogP contribution in [0.1, 0.15) is 34.5 Å². The van der Waals surface area contributed by atoms with Gasteiger partial charge in [-0.2, -0.15) is 0 Å². The number of aromatic nitrogens is 2. The van der Waals surface area contributed by atoms with Crippen molar-refractivity contribution in [1.29, 1.82) is 0 Å². The van der Waals surface area contributed by atoms with Crippen LogP contribution in [-0.2, 0) is 19.6 Å². The Labute approximate surface area is 187 Å². The van der Waals surface area contributed by atoms with Crippen LogP contribution in [0.3, 0.4) is 0 Å². The number of hydrogen-bond acceptors (Lipinski definition) is 3. The number of carbonyl (C=O) groups excluding carboxylic acids is 1. The van der Waals surface area contributed by atoms with E-state index >= 15 is 0 Å². The minimum Gasteiger partial charge on any atom is -0.489 e. The molecule has 3 aromatic carbocycles. The molecule has 32 heavy (non-hydrogen) atoms. The van der Waals surface area contributed by atoms with Gasteiger partial charge in [-0.25, -0.2) is 4.98 Å². The lowest BCUT2D eigenvalue weighted by molar-refractivity contribution is 0.102. The van der Waals surface area contributed by atoms with Crippen molar-refractivity contribution in [2.75, 3.05) is 5.32 Å². The fourth-order valence-corrected chi connectivity index (χ4v) is 4.11. The van der Waals surface area contributed by atoms with Gasteiger partial charge in [0.2, 0.25) is 0 Å². The van der Waals surface area contributed by atoms with Crippen molar-refractivity contribution in [3.63, 3.8) is 0 Å². The molecule has 0 bridgehead atoms. The number of ether oxygens (including phenoxy) is 1. The second kappa shape index (κ2) is 9.10. The van der Waals surface area contributed by atoms with E-state index in [9.17, 15) is 4.79 Å². The summed E-state index contributed by atoms with van der Waals surface area (Å²) in [6.45, 7) is 1.35. The van der Waals surface area contributed by atoms with Crippen molar-refractivity contribution < 1.29 is 9.53 Å². The largest absolute Gasteiger partial charge is 0.489 e. The van der Waals surface area contributed by atoms with Gasteiger partial charge in [-0.3, -0.25) is 4.79 Å². The lowest BCUT2D eigenvalue weighted by atomic mass is 10.1. The molecule has 0 fully saturated rings. The zero-order chi connectivity index (χ0) is 21.8. The molecule has 1 amide bonds. The van der Waals surface area contributed by atoms with Gasteiger partial charge in [0.25, 0.3) is 5.91 Å². The normalized spacial score (nSPS) is 12.8. The van der Waals surface area contributed by atoms with Gasteiger partial charge in [-0.05, 0) is 61.7 Å². The number of para-hydroxylation sites is 1. The molecule has 0 saturated heterocycles. The second-order valence-corrected chi connectivity index (χ2v) is 7.97. The van der Waals surface area contributed by atoms with Gasteiger partial charge in [0.1, 0.15) is 18.2 Å². The predicted octanol–water partition coefficient (Wildman–Crippen LogP) is 5.72. The third-order valence-electron chi connectivity index (χ3n) is 5.80. The second-order valence-electron chi connectivity index (χ2n) is 7.97. The quantitative estimate of drug-likeness (QED) is 0.432. The Kier molecular flexibility index (Phi) is 5.71. The summed E-state index contributed by atoms with van der Waals surface area (Å²) in [5, 5.41) is 3.01. The average Bonchev–Trinajstić information content (AvgIpc) is 3.28. The van der Waals surface area contributed by atoms with Crippen molar-refractivity contribution in [3.05, 3.63) is 102 Å². The van der Waals surface area contributed by atoms with Crippen molar-refractivity contribution in [2.45, 2.75) is 32.4 Å². The Bertz CT molecular complexity index is 1210. The molecule has 5 heteroatoms. The van der Waals surface area contributed by atoms with Crippen molar-refractivity contribution in [1.82, 2.24) is 9.55 Å². The molecule has 0 radical (unpaired) electrons. The standard InChI is InChI=1S/C27H25N3O2/c31-27(25-12-5-4-8-21(25)19-32-24-10-2-1-3-11-24)29-22-15-13-20(14-16-22)26-28-18-23-9-6-7-17-30(23)26/h1-5,8,10-16,18H,6-7,9,17,19H2,(H,29,31). The maximum Gasteiger partial charge on any atom is 0.256 e. The summed E-state index contributed by atoms with van der Waals surface area (Å²) in [5.74, 6) is 1.63. The first-order valence-corrected chi connectivity index (χ1v) is 11.0. The third kappa shape index (κ3) is 4.28. The number of hydrogen-bond donors (Lipinski definition) is 1. The summed E-state index contributed by atoms with van der Waals surface area (Å²) in [6, 6.07) is 25.0. The number of aryl methyl sites for hydroxylation is 1. The van der Waals surface area contributed by atoms with E-state index in [4.69, 9.17) is 4.74 Å². The van der Waals surface area contributed by atoms with E-state index in [0.717, 1.165) is 41.4 Å². The van der Waals surface area contributed by atoms with E-state index < -0.39 is 0 Å². The molecule has 0 atom stereocenters. The van der Waals surface area contributed by atoms with Crippen LogP contribution in [0.15, 0.2) is 85.1 Å². The molecule has 5 rings (SSSR count). The first-order chi connectivity index (χ1) is 15.8. The Balaban J connectivity index is 1.29. The van der Waals surface area contributed by atoms with E-state index in [1.54, 1.807) is 0 Å². The van der Waals surface area contributed by atoms with E-state index in [2.05, 4.69) is 14.9 Å². The van der Waals surface area contributed by atoms with Gasteiger partial charge in [-0.1, -0.05) is 36.4 Å². The van der Waals surface area contributed by atoms with Gasteiger partial charge in [0.05, 0.1) is 0 Å². The number of amides is 1. The Morgan fingerprint density at radius 1 is 0.938 bits per heavy atom. The molecule has 1 aliphatic heterocycles. The molecule has 160 valence electrons. The van der Waals surface area contributed by atoms with Gasteiger partial charge < -0.3 is 14.6 Å². The van der Waals surface area contributed by atoms with Crippen molar-refractivity contribution in [3.8, 4) is 17.1 Å². The number of benzene rings is 3. The van der Waals surface area contributed by atoms with E-state index in [-0.39, 0.29) is 5.91 Å². The van der Waals surface area contributed by atoms with Crippen LogP contribution in [-0.4, -0.2) is 15.5 Å². The first kappa shape index (κ1) is 20.1. The highest BCUT2D eigenvalue weighted by molar-refractivity contribution is 6.05. The van der Waals surface area contributed by atoms with Gasteiger partial charge in [0, 0.05) is 40.8 Å². The molecule has 0 aliphatic carbocycles. The third-order valence-corrected chi connectivity index (χ3v) is 5.80. The molecule has 5 nitrogen and oxygen atoms in total. The van der Waals surface area contributed by atoms with Crippen LogP contribution in [0.5, 0.6) is 5.75 Å². The highest BCUT2D eigenvalue weighted by atomic mass is 16.5. The molecule has 2 heterocycles. The van der Waals surface area contributed by atoms with Crippen LogP contribution >= 0.6 is 0 Å². The smallest absolute Gasteiger partial charge is 0.256 e. The maximum atomic E-state index is 13.0. The molecule has 1 aliphatic rings. The minimum atomic E-state index is -0.150. The average molecular weight is 424 g/mol. The number of nitrogens with one attached hydrogen (secondary N) is 1. The predicted molar refractivity (Wildman–Crippen MR) is 126 cm³/mol. The molecule has 0 saturated carbocycles. The molecular weight excluding hydrogens is 398 g/mol. The summed E-state index contributed by atoms with van der Waals surface area (Å²) in [5.41, 5.74) is 4.57. The molecule has 1 N–H and O–H groups in total. The van der Waals surface area contributed by atoms with E-state index in [1.165, 1.54) is 18.5 Å². The summed E-state index contributed by atoms with van der Waals surface area (Å²) in [6.07, 6.45) is 5.50. The van der Waals surface area contributed by atoms with Crippen LogP contribution in [0, 0.1) is 0 Å². The Morgan fingerprint density at radius 3 is 2.56 bits per heavy atom. The summed E-state index contributed by atoms with van der Waals surface area (Å²) < 4.78 is 8.15. The summed E-state index contributed by atoms with van der Waals surface area (Å²) in [7, 11) is 0. The van der Waals surface area contributed by atoms with Gasteiger partial charge >= 0.3 is 0 Å². The number of imidazole rings is 1. The molecule has 0 unspecified atom stereocenters. The molecule has 4 aromatic rings. The zero-order valence-corrected chi connectivity index (χ0v) is 17.8. The molecule has 0 spiro atoms. The van der Waals surface area contributed by atoms with Crippen LogP contribution in [0.4, 0.5) is 5.69 Å². The van der Waals surface area contributed by atoms with Gasteiger partial charge in [0.15, 0.2) is 0 Å². The van der Waals surface area contributed by atoms with E-state index in [1.807, 2.05) is 85.1 Å². The lowest BCUT2D eigenvalue weighted by Crippen LogP contribution is -2.15. The maximum absolute atomic E-state index is 13.0. The highest BCUT2D eigenvalue weighted by Gasteiger charge is 2.16. The number of rotatable bonds is 6. The molecule has 1 aromatic heterocycles. The van der Waals surface area contributed by atoms with Crippen molar-refractivity contribution in [2.24, 2.45) is 0 Å². The Morgan fingerprint density at radius 2 is 1.72 bits per heavy atom. The number of carbonyl (C=O) groups is 1. The molecular formula is C27H25N3O2. The highest BCUT2D eigenvalue weighted by Crippen LogP contribution is 2.26. The number of fused-ring (bicyclic) bond motifs is 1. The summed E-state index contributed by atoms with van der Waals surface area (Å²) >= 11 is 0. The Hall–Kier alpha value is -3.86. The first-order valence-electron chi connectivity index (χ1n) is 11.0. The fourth-order valence-electron chi connectivity index (χ4n) is 4.11. The van der Waals surface area contributed by atoms with Gasteiger partial charge in [-0.15, -0.1) is 0 Å². The fraction of sp³-hybridized carbons (Fsp3) is 0.185. The minimum absolute atomic E-state index is 0.150. The lowest BCUT2D eigenvalue weighted by Gasteiger charge is -2.16. The van der Waals surface area contributed by atoms with E-state index in [0.29, 0.717) is 12.2 Å². The summed E-state index contributed by atoms with van der Waals surface area (Å²) in [4.78, 5) is 17.6. The monoisotopic (exact) mass is 423 g/mol. The zero-order valence-electron chi connectivity index (χ0n) is 17.8. The van der Waals surface area contributed by atoms with Crippen LogP contribution < -0.4 is 10.1 Å². The van der Waals surface area contributed by atoms with Crippen molar-refractivity contribution >= 4 is 11.6 Å². The number of anilines is 1.